The maximum atomic E-state index is 6.17. The van der Waals surface area contributed by atoms with E-state index in [1.54, 1.807) is 12.1 Å². The van der Waals surface area contributed by atoms with Crippen LogP contribution in [0.25, 0.3) is 0 Å². The van der Waals surface area contributed by atoms with Gasteiger partial charge in [0.25, 0.3) is 0 Å². The minimum Gasteiger partial charge on any atom is -0.488 e. The van der Waals surface area contributed by atoms with E-state index in [0.29, 0.717) is 23.2 Å². The lowest BCUT2D eigenvalue weighted by Crippen LogP contribution is -2.07. The molecule has 0 aromatic heterocycles. The summed E-state index contributed by atoms with van der Waals surface area (Å²) in [5.74, 6) is 0.870. The lowest BCUT2D eigenvalue weighted by atomic mass is 10.1. The molecular weight excluding hydrogens is 373 g/mol. The smallest absolute Gasteiger partial charge is 0.126 e. The molecule has 2 aromatic rings. The Labute approximate surface area is 143 Å². The van der Waals surface area contributed by atoms with Gasteiger partial charge in [0, 0.05) is 20.1 Å². The van der Waals surface area contributed by atoms with Crippen LogP contribution >= 0.6 is 39.1 Å². The van der Waals surface area contributed by atoms with Gasteiger partial charge in [0.05, 0.1) is 0 Å². The van der Waals surface area contributed by atoms with Crippen LogP contribution in [0.3, 0.4) is 0 Å². The second-order valence-corrected chi connectivity index (χ2v) is 6.53. The van der Waals surface area contributed by atoms with E-state index in [9.17, 15) is 0 Å². The van der Waals surface area contributed by atoms with Crippen molar-refractivity contribution in [1.29, 1.82) is 0 Å². The monoisotopic (exact) mass is 387 g/mol. The zero-order chi connectivity index (χ0) is 15.4. The summed E-state index contributed by atoms with van der Waals surface area (Å²) >= 11 is 15.6. The van der Waals surface area contributed by atoms with Crippen LogP contribution in [0.1, 0.15) is 16.7 Å². The average Bonchev–Trinajstić information content (AvgIpc) is 2.40. The van der Waals surface area contributed by atoms with Crippen molar-refractivity contribution in [2.75, 3.05) is 6.54 Å². The summed E-state index contributed by atoms with van der Waals surface area (Å²) in [6.07, 6.45) is 0.768. The number of hydrogen-bond acceptors (Lipinski definition) is 2. The lowest BCUT2D eigenvalue weighted by molar-refractivity contribution is 0.301. The molecule has 0 unspecified atom stereocenters. The fourth-order valence-electron chi connectivity index (χ4n) is 2.14. The predicted molar refractivity (Wildman–Crippen MR) is 92.4 cm³/mol. The van der Waals surface area contributed by atoms with E-state index >= 15 is 0 Å². The zero-order valence-corrected chi connectivity index (χ0v) is 14.7. The fourth-order valence-corrected chi connectivity index (χ4v) is 3.22. The van der Waals surface area contributed by atoms with Crippen LogP contribution in [-0.4, -0.2) is 6.54 Å². The van der Waals surface area contributed by atoms with Crippen molar-refractivity contribution in [3.05, 3.63) is 61.5 Å². The third kappa shape index (κ3) is 4.36. The van der Waals surface area contributed by atoms with Crippen molar-refractivity contribution < 1.29 is 4.74 Å². The molecule has 112 valence electrons. The molecule has 0 spiro atoms. The number of benzene rings is 2. The van der Waals surface area contributed by atoms with Crippen molar-refractivity contribution in [3.8, 4) is 5.75 Å². The Bertz CT molecular complexity index is 646. The highest BCUT2D eigenvalue weighted by Crippen LogP contribution is 2.30. The van der Waals surface area contributed by atoms with Gasteiger partial charge >= 0.3 is 0 Å². The Balaban J connectivity index is 2.23. The number of hydrogen-bond donors (Lipinski definition) is 1. The molecule has 0 aliphatic rings. The molecule has 0 fully saturated rings. The molecular formula is C16H16BrCl2NO. The Morgan fingerprint density at radius 2 is 1.90 bits per heavy atom. The third-order valence-electron chi connectivity index (χ3n) is 3.12. The van der Waals surface area contributed by atoms with Gasteiger partial charge in [-0.15, -0.1) is 0 Å². The van der Waals surface area contributed by atoms with Crippen molar-refractivity contribution >= 4 is 39.1 Å². The second-order valence-electron chi connectivity index (χ2n) is 4.77. The molecule has 5 heteroatoms. The molecule has 0 saturated heterocycles. The minimum absolute atomic E-state index is 0.399. The summed E-state index contributed by atoms with van der Waals surface area (Å²) in [6.45, 7) is 2.99. The SMILES string of the molecule is Cc1cc(Br)cc(CCN)c1OCc1ccc(Cl)cc1Cl. The van der Waals surface area contributed by atoms with Crippen LogP contribution in [-0.2, 0) is 13.0 Å². The van der Waals surface area contributed by atoms with E-state index in [4.69, 9.17) is 33.7 Å². The van der Waals surface area contributed by atoms with Gasteiger partial charge in [-0.05, 0) is 55.3 Å². The van der Waals surface area contributed by atoms with Gasteiger partial charge in [-0.25, -0.2) is 0 Å². The van der Waals surface area contributed by atoms with Crippen LogP contribution in [0.2, 0.25) is 10.0 Å². The Morgan fingerprint density at radius 3 is 2.57 bits per heavy atom. The number of nitrogens with two attached hydrogens (primary N) is 1. The topological polar surface area (TPSA) is 35.2 Å². The summed E-state index contributed by atoms with van der Waals surface area (Å²) < 4.78 is 7.01. The predicted octanol–water partition coefficient (Wildman–Crippen LogP) is 5.14. The molecule has 0 bridgehead atoms. The number of ether oxygens (including phenoxy) is 1. The average molecular weight is 389 g/mol. The van der Waals surface area contributed by atoms with Crippen LogP contribution in [0.4, 0.5) is 0 Å². The van der Waals surface area contributed by atoms with Crippen molar-refractivity contribution in [3.63, 3.8) is 0 Å². The molecule has 0 atom stereocenters. The summed E-state index contributed by atoms with van der Waals surface area (Å²) in [4.78, 5) is 0. The first-order valence-electron chi connectivity index (χ1n) is 6.57. The first kappa shape index (κ1) is 16.6. The highest BCUT2D eigenvalue weighted by molar-refractivity contribution is 9.10. The highest BCUT2D eigenvalue weighted by atomic mass is 79.9. The maximum Gasteiger partial charge on any atom is 0.126 e. The zero-order valence-electron chi connectivity index (χ0n) is 11.6. The summed E-state index contributed by atoms with van der Waals surface area (Å²) in [6, 6.07) is 9.47. The minimum atomic E-state index is 0.399. The fraction of sp³-hybridized carbons (Fsp3) is 0.250. The molecule has 21 heavy (non-hydrogen) atoms. The number of rotatable bonds is 5. The van der Waals surface area contributed by atoms with Crippen LogP contribution in [0.5, 0.6) is 5.75 Å². The van der Waals surface area contributed by atoms with E-state index in [2.05, 4.69) is 15.9 Å². The van der Waals surface area contributed by atoms with Gasteiger partial charge in [0.15, 0.2) is 0 Å². The molecule has 2 N–H and O–H groups in total. The number of halogens is 3. The van der Waals surface area contributed by atoms with Gasteiger partial charge in [0.2, 0.25) is 0 Å². The third-order valence-corrected chi connectivity index (χ3v) is 4.16. The molecule has 2 aromatic carbocycles. The first-order chi connectivity index (χ1) is 10.0. The largest absolute Gasteiger partial charge is 0.488 e. The van der Waals surface area contributed by atoms with Crippen molar-refractivity contribution in [1.82, 2.24) is 0 Å². The standard InChI is InChI=1S/C16H16BrCl2NO/c1-10-6-13(17)7-11(4-5-20)16(10)21-9-12-2-3-14(18)8-15(12)19/h2-3,6-8H,4-5,9,20H2,1H3. The van der Waals surface area contributed by atoms with E-state index in [0.717, 1.165) is 33.3 Å². The van der Waals surface area contributed by atoms with Crippen molar-refractivity contribution in [2.24, 2.45) is 5.73 Å². The van der Waals surface area contributed by atoms with Gasteiger partial charge in [0.1, 0.15) is 12.4 Å². The summed E-state index contributed by atoms with van der Waals surface area (Å²) in [5.41, 5.74) is 8.74. The van der Waals surface area contributed by atoms with Crippen molar-refractivity contribution in [2.45, 2.75) is 20.0 Å². The Kier molecular flexibility index (Phi) is 5.94. The quantitative estimate of drug-likeness (QED) is 0.769. The summed E-state index contributed by atoms with van der Waals surface area (Å²) in [7, 11) is 0. The van der Waals surface area contributed by atoms with Gasteiger partial charge in [-0.2, -0.15) is 0 Å². The van der Waals surface area contributed by atoms with Crippen LogP contribution in [0, 0.1) is 6.92 Å². The molecule has 2 rings (SSSR count). The lowest BCUT2D eigenvalue weighted by Gasteiger charge is -2.15. The van der Waals surface area contributed by atoms with E-state index in [1.807, 2.05) is 25.1 Å². The second kappa shape index (κ2) is 7.50. The first-order valence-corrected chi connectivity index (χ1v) is 8.12. The molecule has 0 amide bonds. The Morgan fingerprint density at radius 1 is 1.14 bits per heavy atom. The van der Waals surface area contributed by atoms with E-state index in [-0.39, 0.29) is 0 Å². The van der Waals surface area contributed by atoms with Gasteiger partial charge < -0.3 is 10.5 Å². The van der Waals surface area contributed by atoms with Gasteiger partial charge in [-0.3, -0.25) is 0 Å². The molecule has 0 radical (unpaired) electrons. The molecule has 0 saturated carbocycles. The van der Waals surface area contributed by atoms with Crippen LogP contribution in [0.15, 0.2) is 34.8 Å². The highest BCUT2D eigenvalue weighted by Gasteiger charge is 2.10. The normalized spacial score (nSPS) is 10.7. The van der Waals surface area contributed by atoms with E-state index < -0.39 is 0 Å². The maximum absolute atomic E-state index is 6.17. The van der Waals surface area contributed by atoms with Crippen LogP contribution < -0.4 is 10.5 Å². The Hall–Kier alpha value is -0.740. The number of aryl methyl sites for hydroxylation is 1. The van der Waals surface area contributed by atoms with Gasteiger partial charge in [-0.1, -0.05) is 45.2 Å². The molecule has 0 heterocycles. The molecule has 0 aliphatic heterocycles. The summed E-state index contributed by atoms with van der Waals surface area (Å²) in [5, 5.41) is 1.23. The molecule has 2 nitrogen and oxygen atoms in total. The molecule has 0 aliphatic carbocycles. The van der Waals surface area contributed by atoms with E-state index in [1.165, 1.54) is 0 Å².